The molecule has 3 nitrogen and oxygen atoms in total. The summed E-state index contributed by atoms with van der Waals surface area (Å²) in [5, 5.41) is 4.32. The fourth-order valence-corrected chi connectivity index (χ4v) is 1.64. The largest absolute Gasteiger partial charge is 0.297 e. The fraction of sp³-hybridized carbons (Fsp3) is 0.636. The topological polar surface area (TPSA) is 34.9 Å². The summed E-state index contributed by atoms with van der Waals surface area (Å²) < 4.78 is 2.77. The van der Waals surface area contributed by atoms with Crippen molar-refractivity contribution < 1.29 is 4.79 Å². The summed E-state index contributed by atoms with van der Waals surface area (Å²) in [6.07, 6.45) is 0.888. The summed E-state index contributed by atoms with van der Waals surface area (Å²) in [6.45, 7) is 8.27. The first kappa shape index (κ1) is 12.4. The molecule has 0 fully saturated rings. The van der Waals surface area contributed by atoms with E-state index in [9.17, 15) is 4.79 Å². The molecule has 0 spiro atoms. The van der Waals surface area contributed by atoms with Gasteiger partial charge in [0.15, 0.2) is 5.78 Å². The Hall–Kier alpha value is -0.640. The number of hydrogen-bond acceptors (Lipinski definition) is 2. The minimum atomic E-state index is 0.118. The molecule has 1 aromatic rings. The van der Waals surface area contributed by atoms with Crippen LogP contribution in [0.1, 0.15) is 31.7 Å². The quantitative estimate of drug-likeness (QED) is 0.845. The number of Topliss-reactive ketones (excluding diaryl/α,β-unsaturated/α-hetero) is 1. The fourth-order valence-electron chi connectivity index (χ4n) is 1.36. The van der Waals surface area contributed by atoms with Gasteiger partial charge in [-0.05, 0) is 36.2 Å². The van der Waals surface area contributed by atoms with Crippen LogP contribution >= 0.6 is 15.9 Å². The van der Waals surface area contributed by atoms with E-state index in [2.05, 4.69) is 21.0 Å². The molecule has 1 heterocycles. The molecule has 0 N–H and O–H groups in total. The van der Waals surface area contributed by atoms with Gasteiger partial charge in [-0.15, -0.1) is 0 Å². The van der Waals surface area contributed by atoms with Gasteiger partial charge in [0, 0.05) is 5.92 Å². The molecular weight excluding hydrogens is 256 g/mol. The Morgan fingerprint density at radius 2 is 2.13 bits per heavy atom. The van der Waals surface area contributed by atoms with E-state index < -0.39 is 0 Å². The van der Waals surface area contributed by atoms with Crippen molar-refractivity contribution in [2.75, 3.05) is 0 Å². The van der Waals surface area contributed by atoms with Crippen LogP contribution in [-0.4, -0.2) is 15.6 Å². The first-order chi connectivity index (χ1) is 6.97. The van der Waals surface area contributed by atoms with E-state index in [0.29, 0.717) is 6.54 Å². The van der Waals surface area contributed by atoms with Crippen molar-refractivity contribution >= 4 is 21.7 Å². The van der Waals surface area contributed by atoms with Crippen LogP contribution < -0.4 is 0 Å². The molecule has 1 rings (SSSR count). The number of hydrogen-bond donors (Lipinski definition) is 0. The molecule has 0 radical (unpaired) electrons. The number of halogens is 1. The molecule has 0 aliphatic rings. The Morgan fingerprint density at radius 3 is 2.53 bits per heavy atom. The third-order valence-corrected chi connectivity index (χ3v) is 3.91. The third-order valence-electron chi connectivity index (χ3n) is 2.76. The van der Waals surface area contributed by atoms with Gasteiger partial charge in [-0.2, -0.15) is 5.10 Å². The summed E-state index contributed by atoms with van der Waals surface area (Å²) in [6, 6.07) is 0. The second-order valence-electron chi connectivity index (χ2n) is 3.92. The molecule has 0 saturated carbocycles. The van der Waals surface area contributed by atoms with Crippen molar-refractivity contribution in [1.82, 2.24) is 9.78 Å². The SMILES string of the molecule is CCC(C)C(=O)Cn1nc(C)c(Br)c1C. The Labute approximate surface area is 99.0 Å². The second-order valence-corrected chi connectivity index (χ2v) is 4.71. The maximum Gasteiger partial charge on any atom is 0.157 e. The van der Waals surface area contributed by atoms with E-state index in [-0.39, 0.29) is 11.7 Å². The van der Waals surface area contributed by atoms with Crippen molar-refractivity contribution in [3.63, 3.8) is 0 Å². The van der Waals surface area contributed by atoms with Crippen molar-refractivity contribution in [3.8, 4) is 0 Å². The molecule has 4 heteroatoms. The summed E-state index contributed by atoms with van der Waals surface area (Å²) >= 11 is 3.45. The molecule has 0 aliphatic carbocycles. The predicted octanol–water partition coefficient (Wildman–Crippen LogP) is 2.88. The molecule has 0 saturated heterocycles. The summed E-state index contributed by atoms with van der Waals surface area (Å²) in [7, 11) is 0. The Kier molecular flexibility index (Phi) is 4.08. The molecule has 1 unspecified atom stereocenters. The van der Waals surface area contributed by atoms with Gasteiger partial charge in [0.2, 0.25) is 0 Å². The van der Waals surface area contributed by atoms with Crippen LogP contribution in [0.5, 0.6) is 0 Å². The molecule has 84 valence electrons. The van der Waals surface area contributed by atoms with Crippen LogP contribution in [0, 0.1) is 19.8 Å². The molecule has 0 aromatic carbocycles. The number of nitrogens with zero attached hydrogens (tertiary/aromatic N) is 2. The van der Waals surface area contributed by atoms with Gasteiger partial charge in [-0.3, -0.25) is 9.48 Å². The Balaban J connectivity index is 2.81. The number of ketones is 1. The Morgan fingerprint density at radius 1 is 1.53 bits per heavy atom. The highest BCUT2D eigenvalue weighted by atomic mass is 79.9. The Bertz CT molecular complexity index is 371. The van der Waals surface area contributed by atoms with E-state index in [1.807, 2.05) is 27.7 Å². The van der Waals surface area contributed by atoms with E-state index in [1.165, 1.54) is 0 Å². The van der Waals surface area contributed by atoms with Crippen LogP contribution in [0.15, 0.2) is 4.47 Å². The van der Waals surface area contributed by atoms with Crippen molar-refractivity contribution in [1.29, 1.82) is 0 Å². The number of aryl methyl sites for hydroxylation is 1. The number of carbonyl (C=O) groups excluding carboxylic acids is 1. The zero-order valence-corrected chi connectivity index (χ0v) is 11.3. The first-order valence-corrected chi connectivity index (χ1v) is 5.98. The summed E-state index contributed by atoms with van der Waals surface area (Å²) in [5.74, 6) is 0.364. The highest BCUT2D eigenvalue weighted by Crippen LogP contribution is 2.20. The maximum atomic E-state index is 11.7. The standard InChI is InChI=1S/C11H17BrN2O/c1-5-7(2)10(15)6-14-9(4)11(12)8(3)13-14/h7H,5-6H2,1-4H3. The zero-order valence-electron chi connectivity index (χ0n) is 9.67. The highest BCUT2D eigenvalue weighted by Gasteiger charge is 2.15. The minimum absolute atomic E-state index is 0.118. The smallest absolute Gasteiger partial charge is 0.157 e. The molecule has 15 heavy (non-hydrogen) atoms. The average Bonchev–Trinajstić information content (AvgIpc) is 2.45. The minimum Gasteiger partial charge on any atom is -0.297 e. The van der Waals surface area contributed by atoms with Crippen LogP contribution in [0.25, 0.3) is 0 Å². The van der Waals surface area contributed by atoms with Crippen LogP contribution in [0.4, 0.5) is 0 Å². The highest BCUT2D eigenvalue weighted by molar-refractivity contribution is 9.10. The van der Waals surface area contributed by atoms with E-state index in [0.717, 1.165) is 22.3 Å². The number of carbonyl (C=O) groups is 1. The monoisotopic (exact) mass is 272 g/mol. The van der Waals surface area contributed by atoms with Crippen molar-refractivity contribution in [2.45, 2.75) is 40.7 Å². The average molecular weight is 273 g/mol. The van der Waals surface area contributed by atoms with Gasteiger partial charge in [0.25, 0.3) is 0 Å². The third kappa shape index (κ3) is 2.68. The van der Waals surface area contributed by atoms with E-state index >= 15 is 0 Å². The van der Waals surface area contributed by atoms with Crippen LogP contribution in [-0.2, 0) is 11.3 Å². The number of rotatable bonds is 4. The van der Waals surface area contributed by atoms with E-state index in [1.54, 1.807) is 4.68 Å². The predicted molar refractivity (Wildman–Crippen MR) is 63.9 cm³/mol. The molecule has 0 amide bonds. The second kappa shape index (κ2) is 4.92. The lowest BCUT2D eigenvalue weighted by molar-refractivity contribution is -0.123. The normalized spacial score (nSPS) is 12.9. The molecule has 1 atom stereocenters. The van der Waals surface area contributed by atoms with Gasteiger partial charge in [-0.1, -0.05) is 13.8 Å². The molecule has 0 aliphatic heterocycles. The summed E-state index contributed by atoms with van der Waals surface area (Å²) in [4.78, 5) is 11.7. The van der Waals surface area contributed by atoms with Gasteiger partial charge in [-0.25, -0.2) is 0 Å². The van der Waals surface area contributed by atoms with Crippen LogP contribution in [0.2, 0.25) is 0 Å². The van der Waals surface area contributed by atoms with Crippen LogP contribution in [0.3, 0.4) is 0 Å². The maximum absolute atomic E-state index is 11.7. The lowest BCUT2D eigenvalue weighted by Crippen LogP contribution is -2.18. The number of aromatic nitrogens is 2. The van der Waals surface area contributed by atoms with Gasteiger partial charge in [0.05, 0.1) is 15.9 Å². The lowest BCUT2D eigenvalue weighted by Gasteiger charge is -2.08. The summed E-state index contributed by atoms with van der Waals surface area (Å²) in [5.41, 5.74) is 1.95. The first-order valence-electron chi connectivity index (χ1n) is 5.19. The van der Waals surface area contributed by atoms with Gasteiger partial charge < -0.3 is 0 Å². The van der Waals surface area contributed by atoms with Crippen molar-refractivity contribution in [3.05, 3.63) is 15.9 Å². The van der Waals surface area contributed by atoms with Crippen molar-refractivity contribution in [2.24, 2.45) is 5.92 Å². The molecular formula is C11H17BrN2O. The van der Waals surface area contributed by atoms with Gasteiger partial charge >= 0.3 is 0 Å². The molecule has 0 bridgehead atoms. The lowest BCUT2D eigenvalue weighted by atomic mass is 10.0. The van der Waals surface area contributed by atoms with Gasteiger partial charge in [0.1, 0.15) is 6.54 Å². The molecule has 1 aromatic heterocycles. The zero-order chi connectivity index (χ0) is 11.6. The van der Waals surface area contributed by atoms with E-state index in [4.69, 9.17) is 0 Å².